The van der Waals surface area contributed by atoms with Crippen molar-refractivity contribution in [1.82, 2.24) is 10.6 Å². The molecule has 0 radical (unpaired) electrons. The molecular weight excluding hydrogens is 441 g/mol. The second-order valence-corrected chi connectivity index (χ2v) is 6.71. The van der Waals surface area contributed by atoms with Crippen molar-refractivity contribution in [2.45, 2.75) is 40.2 Å². The van der Waals surface area contributed by atoms with E-state index in [0.29, 0.717) is 12.5 Å². The van der Waals surface area contributed by atoms with E-state index in [1.165, 1.54) is 16.7 Å². The van der Waals surface area contributed by atoms with Crippen LogP contribution in [0.4, 0.5) is 0 Å². The summed E-state index contributed by atoms with van der Waals surface area (Å²) in [6.45, 7) is 12.1. The molecule has 0 saturated carbocycles. The Kier molecular flexibility index (Phi) is 11.9. The fourth-order valence-electron chi connectivity index (χ4n) is 2.87. The summed E-state index contributed by atoms with van der Waals surface area (Å²) in [7, 11) is 0. The van der Waals surface area contributed by atoms with Crippen LogP contribution in [0.15, 0.2) is 23.2 Å². The van der Waals surface area contributed by atoms with E-state index >= 15 is 0 Å². The average molecular weight is 475 g/mol. The number of benzene rings is 1. The molecule has 6 heteroatoms. The summed E-state index contributed by atoms with van der Waals surface area (Å²) < 4.78 is 11.1. The molecule has 148 valence electrons. The molecule has 1 aliphatic heterocycles. The van der Waals surface area contributed by atoms with Gasteiger partial charge in [0.15, 0.2) is 5.96 Å². The van der Waals surface area contributed by atoms with Crippen LogP contribution in [0.5, 0.6) is 0 Å². The number of rotatable bonds is 9. The SMILES string of the molecule is CCNC(=NCc1ccc(C)cc1C)NCCCOCC1CCOC1.I. The molecule has 1 saturated heterocycles. The lowest BCUT2D eigenvalue weighted by Crippen LogP contribution is -2.38. The summed E-state index contributed by atoms with van der Waals surface area (Å²) in [5, 5.41) is 6.69. The lowest BCUT2D eigenvalue weighted by atomic mass is 10.1. The average Bonchev–Trinajstić information content (AvgIpc) is 3.10. The molecule has 0 amide bonds. The van der Waals surface area contributed by atoms with Crippen molar-refractivity contribution in [3.8, 4) is 0 Å². The monoisotopic (exact) mass is 475 g/mol. The molecule has 1 aliphatic rings. The largest absolute Gasteiger partial charge is 0.381 e. The van der Waals surface area contributed by atoms with Gasteiger partial charge in [-0.15, -0.1) is 24.0 Å². The molecular formula is C20H34IN3O2. The lowest BCUT2D eigenvalue weighted by Gasteiger charge is -2.13. The van der Waals surface area contributed by atoms with Crippen molar-refractivity contribution in [3.63, 3.8) is 0 Å². The molecule has 2 N–H and O–H groups in total. The highest BCUT2D eigenvalue weighted by Gasteiger charge is 2.15. The van der Waals surface area contributed by atoms with E-state index in [2.05, 4.69) is 49.6 Å². The number of hydrogen-bond donors (Lipinski definition) is 2. The van der Waals surface area contributed by atoms with Crippen molar-refractivity contribution in [2.75, 3.05) is 39.5 Å². The van der Waals surface area contributed by atoms with E-state index in [9.17, 15) is 0 Å². The highest BCUT2D eigenvalue weighted by Crippen LogP contribution is 2.12. The predicted molar refractivity (Wildman–Crippen MR) is 119 cm³/mol. The van der Waals surface area contributed by atoms with Crippen molar-refractivity contribution in [2.24, 2.45) is 10.9 Å². The summed E-state index contributed by atoms with van der Waals surface area (Å²) >= 11 is 0. The maximum absolute atomic E-state index is 5.74. The molecule has 1 fully saturated rings. The van der Waals surface area contributed by atoms with Crippen LogP contribution in [0, 0.1) is 19.8 Å². The van der Waals surface area contributed by atoms with Gasteiger partial charge in [-0.25, -0.2) is 4.99 Å². The van der Waals surface area contributed by atoms with E-state index in [1.54, 1.807) is 0 Å². The van der Waals surface area contributed by atoms with Gasteiger partial charge in [0, 0.05) is 32.2 Å². The summed E-state index contributed by atoms with van der Waals surface area (Å²) in [6.07, 6.45) is 2.11. The van der Waals surface area contributed by atoms with Gasteiger partial charge < -0.3 is 20.1 Å². The Labute approximate surface area is 175 Å². The minimum Gasteiger partial charge on any atom is -0.381 e. The second kappa shape index (κ2) is 13.3. The fourth-order valence-corrected chi connectivity index (χ4v) is 2.87. The number of hydrogen-bond acceptors (Lipinski definition) is 3. The van der Waals surface area contributed by atoms with Crippen LogP contribution >= 0.6 is 24.0 Å². The fraction of sp³-hybridized carbons (Fsp3) is 0.650. The number of aryl methyl sites for hydroxylation is 2. The number of nitrogens with one attached hydrogen (secondary N) is 2. The van der Waals surface area contributed by atoms with Crippen LogP contribution in [0.25, 0.3) is 0 Å². The van der Waals surface area contributed by atoms with Crippen LogP contribution in [-0.2, 0) is 16.0 Å². The minimum atomic E-state index is 0. The zero-order chi connectivity index (χ0) is 17.9. The van der Waals surface area contributed by atoms with Gasteiger partial charge in [-0.3, -0.25) is 0 Å². The molecule has 1 atom stereocenters. The van der Waals surface area contributed by atoms with Gasteiger partial charge in [-0.05, 0) is 44.7 Å². The summed E-state index contributed by atoms with van der Waals surface area (Å²) in [5.41, 5.74) is 3.85. The standard InChI is InChI=1S/C20H33N3O2.HI/c1-4-21-20(23-13-19-7-6-16(2)12-17(19)3)22-9-5-10-24-14-18-8-11-25-15-18;/h6-7,12,18H,4-5,8-11,13-15H2,1-3H3,(H2,21,22,23);1H. The molecule has 0 aliphatic carbocycles. The predicted octanol–water partition coefficient (Wildman–Crippen LogP) is 3.42. The molecule has 1 aromatic rings. The first-order valence-corrected chi connectivity index (χ1v) is 9.43. The van der Waals surface area contributed by atoms with Crippen molar-refractivity contribution in [3.05, 3.63) is 34.9 Å². The zero-order valence-electron chi connectivity index (χ0n) is 16.3. The van der Waals surface area contributed by atoms with Crippen molar-refractivity contribution in [1.29, 1.82) is 0 Å². The Bertz CT molecular complexity index is 546. The van der Waals surface area contributed by atoms with E-state index in [4.69, 9.17) is 14.5 Å². The number of ether oxygens (including phenoxy) is 2. The summed E-state index contributed by atoms with van der Waals surface area (Å²) in [6, 6.07) is 6.52. The molecule has 0 aromatic heterocycles. The van der Waals surface area contributed by atoms with Crippen molar-refractivity contribution < 1.29 is 9.47 Å². The van der Waals surface area contributed by atoms with Gasteiger partial charge in [-0.1, -0.05) is 23.8 Å². The molecule has 26 heavy (non-hydrogen) atoms. The molecule has 1 heterocycles. The number of guanidine groups is 1. The molecule has 1 unspecified atom stereocenters. The van der Waals surface area contributed by atoms with Gasteiger partial charge in [0.2, 0.25) is 0 Å². The maximum atomic E-state index is 5.74. The second-order valence-electron chi connectivity index (χ2n) is 6.71. The number of halogens is 1. The Morgan fingerprint density at radius 3 is 2.85 bits per heavy atom. The number of nitrogens with zero attached hydrogens (tertiary/aromatic N) is 1. The third kappa shape index (κ3) is 8.68. The van der Waals surface area contributed by atoms with Gasteiger partial charge in [0.25, 0.3) is 0 Å². The van der Waals surface area contributed by atoms with Crippen LogP contribution in [-0.4, -0.2) is 45.5 Å². The first-order valence-electron chi connectivity index (χ1n) is 9.43. The van der Waals surface area contributed by atoms with Crippen LogP contribution < -0.4 is 10.6 Å². The lowest BCUT2D eigenvalue weighted by molar-refractivity contribution is 0.0888. The van der Waals surface area contributed by atoms with Crippen LogP contribution in [0.3, 0.4) is 0 Å². The molecule has 0 bridgehead atoms. The minimum absolute atomic E-state index is 0. The van der Waals surface area contributed by atoms with E-state index < -0.39 is 0 Å². The highest BCUT2D eigenvalue weighted by molar-refractivity contribution is 14.0. The first kappa shape index (κ1) is 23.2. The van der Waals surface area contributed by atoms with Gasteiger partial charge in [0.05, 0.1) is 19.8 Å². The van der Waals surface area contributed by atoms with Gasteiger partial charge in [-0.2, -0.15) is 0 Å². The van der Waals surface area contributed by atoms with E-state index in [0.717, 1.165) is 58.3 Å². The molecule has 0 spiro atoms. The molecule has 2 rings (SSSR count). The maximum Gasteiger partial charge on any atom is 0.191 e. The third-order valence-electron chi connectivity index (χ3n) is 4.39. The quantitative estimate of drug-likeness (QED) is 0.249. The van der Waals surface area contributed by atoms with Crippen LogP contribution in [0.1, 0.15) is 36.5 Å². The normalized spacial score (nSPS) is 17.0. The smallest absolute Gasteiger partial charge is 0.191 e. The third-order valence-corrected chi connectivity index (χ3v) is 4.39. The first-order chi connectivity index (χ1) is 12.2. The van der Waals surface area contributed by atoms with Crippen molar-refractivity contribution >= 4 is 29.9 Å². The van der Waals surface area contributed by atoms with Gasteiger partial charge in [0.1, 0.15) is 0 Å². The highest BCUT2D eigenvalue weighted by atomic mass is 127. The molecule has 1 aromatic carbocycles. The summed E-state index contributed by atoms with van der Waals surface area (Å²) in [4.78, 5) is 4.69. The summed E-state index contributed by atoms with van der Waals surface area (Å²) in [5.74, 6) is 1.45. The Balaban J connectivity index is 0.00000338. The zero-order valence-corrected chi connectivity index (χ0v) is 18.7. The van der Waals surface area contributed by atoms with E-state index in [-0.39, 0.29) is 24.0 Å². The number of aliphatic imine (C=N–C) groups is 1. The van der Waals surface area contributed by atoms with Crippen LogP contribution in [0.2, 0.25) is 0 Å². The Morgan fingerprint density at radius 2 is 2.15 bits per heavy atom. The van der Waals surface area contributed by atoms with E-state index in [1.807, 2.05) is 0 Å². The Hall–Kier alpha value is -0.860. The van der Waals surface area contributed by atoms with Gasteiger partial charge >= 0.3 is 0 Å². The Morgan fingerprint density at radius 1 is 1.31 bits per heavy atom. The molecule has 5 nitrogen and oxygen atoms in total. The topological polar surface area (TPSA) is 54.9 Å².